The van der Waals surface area contributed by atoms with Gasteiger partial charge < -0.3 is 4.52 Å². The number of sulfonamides is 1. The van der Waals surface area contributed by atoms with Crippen LogP contribution in [-0.2, 0) is 10.0 Å². The van der Waals surface area contributed by atoms with Gasteiger partial charge in [0.25, 0.3) is 5.89 Å². The maximum Gasteiger partial charge on any atom is 0.259 e. The first-order chi connectivity index (χ1) is 11.9. The third-order valence-corrected chi connectivity index (χ3v) is 5.08. The van der Waals surface area contributed by atoms with Crippen molar-refractivity contribution in [3.8, 4) is 11.5 Å². The molecule has 0 radical (unpaired) electrons. The number of nitrogens with zero attached hydrogens (tertiary/aromatic N) is 3. The molecule has 128 valence electrons. The van der Waals surface area contributed by atoms with Gasteiger partial charge in [-0.15, -0.1) is 0 Å². The van der Waals surface area contributed by atoms with Crippen molar-refractivity contribution in [2.24, 2.45) is 5.14 Å². The van der Waals surface area contributed by atoms with Gasteiger partial charge in [-0.25, -0.2) is 17.9 Å². The van der Waals surface area contributed by atoms with Gasteiger partial charge in [-0.1, -0.05) is 17.3 Å². The molecule has 1 aliphatic rings. The van der Waals surface area contributed by atoms with Gasteiger partial charge in [0.2, 0.25) is 10.0 Å². The summed E-state index contributed by atoms with van der Waals surface area (Å²) in [6, 6.07) is 7.73. The molecule has 0 bridgehead atoms. The highest BCUT2D eigenvalue weighted by Crippen LogP contribution is 2.53. The minimum absolute atomic E-state index is 0.0777. The van der Waals surface area contributed by atoms with E-state index in [0.29, 0.717) is 11.4 Å². The van der Waals surface area contributed by atoms with E-state index in [0.717, 1.165) is 18.2 Å². The zero-order chi connectivity index (χ0) is 17.6. The van der Waals surface area contributed by atoms with E-state index >= 15 is 0 Å². The molecule has 3 aromatic rings. The maximum atomic E-state index is 13.2. The van der Waals surface area contributed by atoms with Crippen LogP contribution >= 0.6 is 0 Å². The third-order valence-electron chi connectivity index (χ3n) is 4.15. The number of hydrogen-bond donors (Lipinski definition) is 1. The van der Waals surface area contributed by atoms with Crippen molar-refractivity contribution in [1.82, 2.24) is 15.1 Å². The fraction of sp³-hybridized carbons (Fsp3) is 0.188. The lowest BCUT2D eigenvalue weighted by molar-refractivity contribution is 0.422. The molecule has 2 atom stereocenters. The van der Waals surface area contributed by atoms with Crippen LogP contribution in [0.4, 0.5) is 4.39 Å². The van der Waals surface area contributed by atoms with Gasteiger partial charge in [0, 0.05) is 12.1 Å². The van der Waals surface area contributed by atoms with E-state index in [-0.39, 0.29) is 22.6 Å². The lowest BCUT2D eigenvalue weighted by Gasteiger charge is -2.01. The number of benzene rings is 1. The summed E-state index contributed by atoms with van der Waals surface area (Å²) in [6.45, 7) is 0. The van der Waals surface area contributed by atoms with E-state index < -0.39 is 15.8 Å². The first kappa shape index (κ1) is 15.9. The monoisotopic (exact) mass is 360 g/mol. The summed E-state index contributed by atoms with van der Waals surface area (Å²) in [7, 11) is -3.70. The summed E-state index contributed by atoms with van der Waals surface area (Å²) in [5.74, 6) is 0.554. The highest BCUT2D eigenvalue weighted by Gasteiger charge is 2.43. The molecule has 1 aromatic carbocycles. The molecule has 2 N–H and O–H groups in total. The highest BCUT2D eigenvalue weighted by molar-refractivity contribution is 7.89. The maximum absolute atomic E-state index is 13.2. The number of rotatable bonds is 4. The van der Waals surface area contributed by atoms with Crippen molar-refractivity contribution in [1.29, 1.82) is 0 Å². The van der Waals surface area contributed by atoms with Gasteiger partial charge in [-0.2, -0.15) is 4.98 Å². The normalized spacial score (nSPS) is 19.8. The molecule has 0 spiro atoms. The number of halogens is 1. The Balaban J connectivity index is 1.52. The van der Waals surface area contributed by atoms with Crippen LogP contribution in [-0.4, -0.2) is 23.5 Å². The average molecular weight is 360 g/mol. The number of aromatic nitrogens is 3. The predicted octanol–water partition coefficient (Wildman–Crippen LogP) is 2.19. The number of nitrogens with two attached hydrogens (primary N) is 1. The zero-order valence-corrected chi connectivity index (χ0v) is 13.6. The van der Waals surface area contributed by atoms with Crippen LogP contribution in [0.2, 0.25) is 0 Å². The van der Waals surface area contributed by atoms with E-state index in [1.54, 1.807) is 12.1 Å². The van der Waals surface area contributed by atoms with Crippen LogP contribution in [0.1, 0.15) is 29.6 Å². The van der Waals surface area contributed by atoms with Crippen molar-refractivity contribution in [2.75, 3.05) is 0 Å². The van der Waals surface area contributed by atoms with Crippen molar-refractivity contribution in [3.05, 3.63) is 59.9 Å². The van der Waals surface area contributed by atoms with Crippen LogP contribution < -0.4 is 5.14 Å². The van der Waals surface area contributed by atoms with Gasteiger partial charge in [0.05, 0.1) is 16.7 Å². The Morgan fingerprint density at radius 2 is 1.92 bits per heavy atom. The Hall–Kier alpha value is -2.65. The zero-order valence-electron chi connectivity index (χ0n) is 12.8. The lowest BCUT2D eigenvalue weighted by atomic mass is 10.1. The molecule has 4 rings (SSSR count). The first-order valence-corrected chi connectivity index (χ1v) is 9.04. The van der Waals surface area contributed by atoms with E-state index in [2.05, 4.69) is 15.1 Å². The Morgan fingerprint density at radius 3 is 2.60 bits per heavy atom. The molecule has 0 amide bonds. The fourth-order valence-electron chi connectivity index (χ4n) is 2.78. The van der Waals surface area contributed by atoms with Gasteiger partial charge in [0.1, 0.15) is 5.82 Å². The summed E-state index contributed by atoms with van der Waals surface area (Å²) in [5.41, 5.74) is 1.41. The molecule has 0 saturated heterocycles. The molecule has 2 aromatic heterocycles. The smallest absolute Gasteiger partial charge is 0.259 e. The molecule has 0 unspecified atom stereocenters. The summed E-state index contributed by atoms with van der Waals surface area (Å²) in [6.07, 6.45) is 3.38. The molecule has 1 fully saturated rings. The summed E-state index contributed by atoms with van der Waals surface area (Å²) in [4.78, 5) is 8.15. The molecule has 9 heteroatoms. The number of pyridine rings is 1. The van der Waals surface area contributed by atoms with Crippen LogP contribution in [0.3, 0.4) is 0 Å². The first-order valence-electron chi connectivity index (χ1n) is 7.49. The number of primary sulfonamides is 1. The van der Waals surface area contributed by atoms with Crippen molar-refractivity contribution in [2.45, 2.75) is 23.2 Å². The van der Waals surface area contributed by atoms with Crippen LogP contribution in [0.5, 0.6) is 0 Å². The quantitative estimate of drug-likeness (QED) is 0.763. The second-order valence-electron chi connectivity index (χ2n) is 5.91. The van der Waals surface area contributed by atoms with Crippen molar-refractivity contribution in [3.63, 3.8) is 0 Å². The predicted molar refractivity (Wildman–Crippen MR) is 85.4 cm³/mol. The standard InChI is InChI=1S/C16H13FN4O3S/c17-11-5-10(7-19-8-11)16-20-15(21-24-16)14-6-13(14)9-1-3-12(4-2-9)25(18,22)23/h1-5,7-8,13-14H,6H2,(H2,18,22,23)/t13-,14+/m0/s1. The largest absolute Gasteiger partial charge is 0.334 e. The molecular weight excluding hydrogens is 347 g/mol. The Labute approximate surface area is 142 Å². The summed E-state index contributed by atoms with van der Waals surface area (Å²) in [5, 5.41) is 9.06. The Morgan fingerprint density at radius 1 is 1.16 bits per heavy atom. The molecule has 1 saturated carbocycles. The molecule has 2 heterocycles. The van der Waals surface area contributed by atoms with E-state index in [4.69, 9.17) is 9.66 Å². The molecule has 1 aliphatic carbocycles. The van der Waals surface area contributed by atoms with Gasteiger partial charge in [-0.3, -0.25) is 4.98 Å². The summed E-state index contributed by atoms with van der Waals surface area (Å²) < 4.78 is 41.0. The van der Waals surface area contributed by atoms with E-state index in [1.165, 1.54) is 24.4 Å². The average Bonchev–Trinajstić information content (AvgIpc) is 3.22. The van der Waals surface area contributed by atoms with E-state index in [9.17, 15) is 12.8 Å². The molecular formula is C16H13FN4O3S. The van der Waals surface area contributed by atoms with Crippen molar-refractivity contribution < 1.29 is 17.3 Å². The van der Waals surface area contributed by atoms with Crippen LogP contribution in [0.25, 0.3) is 11.5 Å². The minimum Gasteiger partial charge on any atom is -0.334 e. The van der Waals surface area contributed by atoms with Gasteiger partial charge in [0.15, 0.2) is 5.82 Å². The van der Waals surface area contributed by atoms with Crippen LogP contribution in [0.15, 0.2) is 52.1 Å². The van der Waals surface area contributed by atoms with Crippen LogP contribution in [0, 0.1) is 5.82 Å². The second-order valence-corrected chi connectivity index (χ2v) is 7.47. The molecule has 25 heavy (non-hydrogen) atoms. The molecule has 7 nitrogen and oxygen atoms in total. The fourth-order valence-corrected chi connectivity index (χ4v) is 3.30. The topological polar surface area (TPSA) is 112 Å². The van der Waals surface area contributed by atoms with E-state index in [1.807, 2.05) is 0 Å². The van der Waals surface area contributed by atoms with Crippen molar-refractivity contribution >= 4 is 10.0 Å². The van der Waals surface area contributed by atoms with Gasteiger partial charge >= 0.3 is 0 Å². The Bertz CT molecular complexity index is 1030. The molecule has 0 aliphatic heterocycles. The highest BCUT2D eigenvalue weighted by atomic mass is 32.2. The summed E-state index contributed by atoms with van der Waals surface area (Å²) >= 11 is 0. The SMILES string of the molecule is NS(=O)(=O)c1ccc([C@@H]2C[C@H]2c2noc(-c3cncc(F)c3)n2)cc1. The lowest BCUT2D eigenvalue weighted by Crippen LogP contribution is -2.11. The Kier molecular flexibility index (Phi) is 3.62. The van der Waals surface area contributed by atoms with Gasteiger partial charge in [-0.05, 0) is 36.1 Å². The third kappa shape index (κ3) is 3.15. The number of hydrogen-bond acceptors (Lipinski definition) is 6. The minimum atomic E-state index is -3.70. The second kappa shape index (κ2) is 5.71.